The van der Waals surface area contributed by atoms with Gasteiger partial charge in [0, 0.05) is 5.69 Å². The quantitative estimate of drug-likeness (QED) is 0.800. The molecule has 0 saturated heterocycles. The third-order valence-corrected chi connectivity index (χ3v) is 2.75. The molecular weight excluding hydrogens is 210 g/mol. The maximum absolute atomic E-state index is 10.9. The van der Waals surface area contributed by atoms with Crippen LogP contribution in [-0.4, -0.2) is 21.8 Å². The molecule has 4 heteroatoms. The maximum atomic E-state index is 10.9. The summed E-state index contributed by atoms with van der Waals surface area (Å²) in [6.45, 7) is 6.04. The lowest BCUT2D eigenvalue weighted by molar-refractivity contribution is 0.0696. The highest BCUT2D eigenvalue weighted by atomic mass is 32.2. The van der Waals surface area contributed by atoms with Crippen LogP contribution in [0.25, 0.3) is 0 Å². The molecular formula is C11H15NO2S. The highest BCUT2D eigenvalue weighted by molar-refractivity contribution is 7.99. The number of nitrogens with zero attached hydrogens (tertiary/aromatic N) is 1. The molecule has 1 N–H and O–H groups in total. The zero-order valence-electron chi connectivity index (χ0n) is 9.15. The average molecular weight is 225 g/mol. The van der Waals surface area contributed by atoms with E-state index >= 15 is 0 Å². The van der Waals surface area contributed by atoms with Gasteiger partial charge in [0.1, 0.15) is 0 Å². The zero-order chi connectivity index (χ0) is 11.4. The van der Waals surface area contributed by atoms with E-state index in [9.17, 15) is 4.79 Å². The number of carboxylic acids is 1. The van der Waals surface area contributed by atoms with Crippen molar-refractivity contribution in [2.24, 2.45) is 0 Å². The first-order valence-electron chi connectivity index (χ1n) is 4.92. The molecule has 0 fully saturated rings. The lowest BCUT2D eigenvalue weighted by atomic mass is 10.1. The Hall–Kier alpha value is -1.03. The number of rotatable bonds is 4. The molecule has 0 aliphatic heterocycles. The van der Waals surface area contributed by atoms with E-state index in [1.54, 1.807) is 23.9 Å². The van der Waals surface area contributed by atoms with Crippen LogP contribution >= 0.6 is 11.8 Å². The molecule has 0 aliphatic carbocycles. The lowest BCUT2D eigenvalue weighted by Crippen LogP contribution is -2.02. The molecule has 0 aromatic carbocycles. The molecule has 1 heterocycles. The Morgan fingerprint density at radius 1 is 1.53 bits per heavy atom. The first-order chi connectivity index (χ1) is 7.04. The molecule has 0 saturated carbocycles. The third kappa shape index (κ3) is 3.23. The van der Waals surface area contributed by atoms with Gasteiger partial charge in [-0.1, -0.05) is 20.8 Å². The van der Waals surface area contributed by atoms with Gasteiger partial charge in [0.05, 0.1) is 10.6 Å². The van der Waals surface area contributed by atoms with Gasteiger partial charge in [0.15, 0.2) is 0 Å². The molecule has 0 atom stereocenters. The number of carbonyl (C=O) groups is 1. The minimum atomic E-state index is -0.891. The van der Waals surface area contributed by atoms with Gasteiger partial charge >= 0.3 is 5.97 Å². The smallest absolute Gasteiger partial charge is 0.335 e. The minimum absolute atomic E-state index is 0.250. The number of carboxylic acid groups (broad SMARTS) is 1. The molecule has 0 spiro atoms. The highest BCUT2D eigenvalue weighted by Crippen LogP contribution is 2.21. The number of pyridine rings is 1. The van der Waals surface area contributed by atoms with Gasteiger partial charge in [-0.3, -0.25) is 0 Å². The van der Waals surface area contributed by atoms with E-state index in [1.807, 2.05) is 20.8 Å². The second kappa shape index (κ2) is 5.16. The Balaban J connectivity index is 3.14. The predicted molar refractivity (Wildman–Crippen MR) is 61.7 cm³/mol. The molecule has 0 unspecified atom stereocenters. The van der Waals surface area contributed by atoms with Gasteiger partial charge in [-0.05, 0) is 23.8 Å². The van der Waals surface area contributed by atoms with Crippen molar-refractivity contribution in [2.75, 3.05) is 5.75 Å². The molecule has 15 heavy (non-hydrogen) atoms. The van der Waals surface area contributed by atoms with Gasteiger partial charge in [-0.15, -0.1) is 11.8 Å². The van der Waals surface area contributed by atoms with Crippen LogP contribution < -0.4 is 0 Å². The van der Waals surface area contributed by atoms with Gasteiger partial charge in [0.2, 0.25) is 0 Å². The molecule has 1 aromatic rings. The topological polar surface area (TPSA) is 50.2 Å². The first-order valence-corrected chi connectivity index (χ1v) is 5.91. The summed E-state index contributed by atoms with van der Waals surface area (Å²) in [5.74, 6) is 0.255. The van der Waals surface area contributed by atoms with Crippen LogP contribution in [-0.2, 0) is 0 Å². The average Bonchev–Trinajstić information content (AvgIpc) is 2.17. The normalized spacial score (nSPS) is 10.7. The van der Waals surface area contributed by atoms with Crippen molar-refractivity contribution in [1.29, 1.82) is 0 Å². The standard InChI is InChI=1S/C11H15NO2S/c1-4-15-10-6-8(11(13)14)5-9(12-10)7(2)3/h5-7H,4H2,1-3H3,(H,13,14). The fourth-order valence-corrected chi connectivity index (χ4v) is 1.84. The minimum Gasteiger partial charge on any atom is -0.478 e. The fraction of sp³-hybridized carbons (Fsp3) is 0.455. The Morgan fingerprint density at radius 2 is 2.20 bits per heavy atom. The summed E-state index contributed by atoms with van der Waals surface area (Å²) in [6, 6.07) is 3.27. The third-order valence-electron chi connectivity index (χ3n) is 1.95. The summed E-state index contributed by atoms with van der Waals surface area (Å²) < 4.78 is 0. The molecule has 0 bridgehead atoms. The van der Waals surface area contributed by atoms with Crippen LogP contribution in [0.5, 0.6) is 0 Å². The second-order valence-corrected chi connectivity index (χ2v) is 4.80. The Labute approximate surface area is 93.9 Å². The summed E-state index contributed by atoms with van der Waals surface area (Å²) in [5.41, 5.74) is 1.16. The van der Waals surface area contributed by atoms with E-state index in [0.29, 0.717) is 5.56 Å². The summed E-state index contributed by atoms with van der Waals surface area (Å²) in [5, 5.41) is 9.74. The van der Waals surface area contributed by atoms with E-state index in [-0.39, 0.29) is 5.92 Å². The van der Waals surface area contributed by atoms with Crippen LogP contribution in [0.15, 0.2) is 17.2 Å². The zero-order valence-corrected chi connectivity index (χ0v) is 9.97. The van der Waals surface area contributed by atoms with Crippen molar-refractivity contribution in [2.45, 2.75) is 31.7 Å². The van der Waals surface area contributed by atoms with Gasteiger partial charge in [-0.25, -0.2) is 9.78 Å². The van der Waals surface area contributed by atoms with Crippen molar-refractivity contribution in [3.8, 4) is 0 Å². The maximum Gasteiger partial charge on any atom is 0.335 e. The summed E-state index contributed by atoms with van der Waals surface area (Å²) >= 11 is 1.56. The summed E-state index contributed by atoms with van der Waals surface area (Å²) in [6.07, 6.45) is 0. The molecule has 0 radical (unpaired) electrons. The number of hydrogen-bond donors (Lipinski definition) is 1. The largest absolute Gasteiger partial charge is 0.478 e. The molecule has 0 amide bonds. The van der Waals surface area contributed by atoms with Crippen LogP contribution in [0.2, 0.25) is 0 Å². The number of aromatic carboxylic acids is 1. The molecule has 1 aromatic heterocycles. The second-order valence-electron chi connectivity index (χ2n) is 3.51. The van der Waals surface area contributed by atoms with E-state index in [2.05, 4.69) is 4.98 Å². The van der Waals surface area contributed by atoms with E-state index in [4.69, 9.17) is 5.11 Å². The summed E-state index contributed by atoms with van der Waals surface area (Å²) in [7, 11) is 0. The van der Waals surface area contributed by atoms with Crippen LogP contribution in [0.1, 0.15) is 42.7 Å². The fourth-order valence-electron chi connectivity index (χ4n) is 1.17. The van der Waals surface area contributed by atoms with Gasteiger partial charge < -0.3 is 5.11 Å². The van der Waals surface area contributed by atoms with E-state index in [0.717, 1.165) is 16.5 Å². The van der Waals surface area contributed by atoms with Crippen molar-refractivity contribution in [3.05, 3.63) is 23.4 Å². The molecule has 3 nitrogen and oxygen atoms in total. The molecule has 82 valence electrons. The lowest BCUT2D eigenvalue weighted by Gasteiger charge is -2.08. The Morgan fingerprint density at radius 3 is 2.67 bits per heavy atom. The highest BCUT2D eigenvalue weighted by Gasteiger charge is 2.10. The Kier molecular flexibility index (Phi) is 4.15. The van der Waals surface area contributed by atoms with Crippen LogP contribution in [0.4, 0.5) is 0 Å². The van der Waals surface area contributed by atoms with Crippen molar-refractivity contribution in [1.82, 2.24) is 4.98 Å². The number of thioether (sulfide) groups is 1. The first kappa shape index (κ1) is 12.0. The van der Waals surface area contributed by atoms with Crippen molar-refractivity contribution in [3.63, 3.8) is 0 Å². The monoisotopic (exact) mass is 225 g/mol. The molecule has 0 aliphatic rings. The van der Waals surface area contributed by atoms with E-state index in [1.165, 1.54) is 0 Å². The SMILES string of the molecule is CCSc1cc(C(=O)O)cc(C(C)C)n1. The van der Waals surface area contributed by atoms with E-state index < -0.39 is 5.97 Å². The van der Waals surface area contributed by atoms with Gasteiger partial charge in [-0.2, -0.15) is 0 Å². The molecule has 1 rings (SSSR count). The van der Waals surface area contributed by atoms with Crippen molar-refractivity contribution >= 4 is 17.7 Å². The number of aromatic nitrogens is 1. The van der Waals surface area contributed by atoms with Crippen LogP contribution in [0, 0.1) is 0 Å². The number of hydrogen-bond acceptors (Lipinski definition) is 3. The Bertz CT molecular complexity index is 364. The summed E-state index contributed by atoms with van der Waals surface area (Å²) in [4.78, 5) is 15.3. The van der Waals surface area contributed by atoms with Gasteiger partial charge in [0.25, 0.3) is 0 Å². The van der Waals surface area contributed by atoms with Crippen molar-refractivity contribution < 1.29 is 9.90 Å². The predicted octanol–water partition coefficient (Wildman–Crippen LogP) is 3.02. The van der Waals surface area contributed by atoms with Crippen LogP contribution in [0.3, 0.4) is 0 Å².